The Morgan fingerprint density at radius 2 is 1.94 bits per heavy atom. The van der Waals surface area contributed by atoms with Crippen molar-refractivity contribution in [1.29, 1.82) is 0 Å². The molecule has 0 aromatic carbocycles. The molecule has 1 aromatic rings. The maximum Gasteiger partial charge on any atom is 0.129 e. The van der Waals surface area contributed by atoms with E-state index in [4.69, 9.17) is 0 Å². The Labute approximate surface area is 109 Å². The van der Waals surface area contributed by atoms with Crippen LogP contribution in [0.25, 0.3) is 0 Å². The second kappa shape index (κ2) is 4.84. The van der Waals surface area contributed by atoms with Crippen LogP contribution in [-0.4, -0.2) is 40.0 Å². The van der Waals surface area contributed by atoms with Crippen molar-refractivity contribution < 1.29 is 0 Å². The summed E-state index contributed by atoms with van der Waals surface area (Å²) in [6, 6.07) is 4.13. The Hall–Kier alpha value is -1.16. The Bertz CT molecular complexity index is 406. The molecule has 4 nitrogen and oxygen atoms in total. The quantitative estimate of drug-likeness (QED) is 0.868. The van der Waals surface area contributed by atoms with Crippen molar-refractivity contribution in [2.75, 3.05) is 12.4 Å². The van der Waals surface area contributed by atoms with Gasteiger partial charge in [-0.2, -0.15) is 0 Å². The van der Waals surface area contributed by atoms with Crippen molar-refractivity contribution in [2.24, 2.45) is 0 Å². The molecule has 18 heavy (non-hydrogen) atoms. The summed E-state index contributed by atoms with van der Waals surface area (Å²) in [5, 5.41) is 3.59. The van der Waals surface area contributed by atoms with Crippen LogP contribution in [0.3, 0.4) is 0 Å². The molecule has 0 saturated carbocycles. The Morgan fingerprint density at radius 1 is 1.22 bits per heavy atom. The third-order valence-corrected chi connectivity index (χ3v) is 4.50. The molecular formula is C14H22N4. The number of aromatic nitrogens is 2. The number of piperidine rings is 2. The van der Waals surface area contributed by atoms with Gasteiger partial charge in [0, 0.05) is 29.9 Å². The molecule has 2 aliphatic heterocycles. The molecule has 4 heteroatoms. The molecule has 2 unspecified atom stereocenters. The Balaban J connectivity index is 1.68. The molecule has 0 radical (unpaired) electrons. The summed E-state index contributed by atoms with van der Waals surface area (Å²) in [4.78, 5) is 11.0. The van der Waals surface area contributed by atoms with Crippen molar-refractivity contribution >= 4 is 5.82 Å². The lowest BCUT2D eigenvalue weighted by atomic mass is 9.82. The number of hydrogen-bond acceptors (Lipinski definition) is 4. The van der Waals surface area contributed by atoms with E-state index in [9.17, 15) is 0 Å². The van der Waals surface area contributed by atoms with Crippen molar-refractivity contribution in [3.63, 3.8) is 0 Å². The van der Waals surface area contributed by atoms with Gasteiger partial charge in [0.15, 0.2) is 0 Å². The zero-order valence-corrected chi connectivity index (χ0v) is 11.3. The third-order valence-electron chi connectivity index (χ3n) is 4.50. The fourth-order valence-corrected chi connectivity index (χ4v) is 3.48. The molecule has 2 atom stereocenters. The highest BCUT2D eigenvalue weighted by atomic mass is 15.2. The minimum atomic E-state index is 0.575. The summed E-state index contributed by atoms with van der Waals surface area (Å²) in [5.41, 5.74) is 1.03. The fourth-order valence-electron chi connectivity index (χ4n) is 3.48. The van der Waals surface area contributed by atoms with E-state index in [1.807, 2.05) is 13.0 Å². The smallest absolute Gasteiger partial charge is 0.129 e. The second-order valence-corrected chi connectivity index (χ2v) is 5.76. The zero-order valence-electron chi connectivity index (χ0n) is 11.3. The molecule has 1 N–H and O–H groups in total. The minimum Gasteiger partial charge on any atom is -0.367 e. The van der Waals surface area contributed by atoms with E-state index in [-0.39, 0.29) is 0 Å². The Morgan fingerprint density at radius 3 is 2.61 bits per heavy atom. The first-order valence-corrected chi connectivity index (χ1v) is 6.99. The molecule has 0 spiro atoms. The van der Waals surface area contributed by atoms with Gasteiger partial charge in [0.2, 0.25) is 0 Å². The van der Waals surface area contributed by atoms with E-state index in [1.165, 1.54) is 32.1 Å². The zero-order chi connectivity index (χ0) is 12.5. The molecule has 2 aliphatic rings. The van der Waals surface area contributed by atoms with E-state index in [0.29, 0.717) is 6.04 Å². The monoisotopic (exact) mass is 246 g/mol. The highest BCUT2D eigenvalue weighted by Crippen LogP contribution is 2.33. The number of hydrogen-bond donors (Lipinski definition) is 1. The van der Waals surface area contributed by atoms with E-state index in [0.717, 1.165) is 23.6 Å². The van der Waals surface area contributed by atoms with E-state index >= 15 is 0 Å². The molecule has 98 valence electrons. The number of fused-ring (bicyclic) bond motifs is 2. The molecule has 2 fully saturated rings. The molecule has 2 saturated heterocycles. The van der Waals surface area contributed by atoms with Gasteiger partial charge in [-0.25, -0.2) is 9.97 Å². The normalized spacial score (nSPS) is 32.2. The number of aryl methyl sites for hydroxylation is 1. The minimum absolute atomic E-state index is 0.575. The van der Waals surface area contributed by atoms with Crippen LogP contribution in [-0.2, 0) is 0 Å². The van der Waals surface area contributed by atoms with E-state index < -0.39 is 0 Å². The lowest BCUT2D eigenvalue weighted by Gasteiger charge is -2.47. The molecule has 2 bridgehead atoms. The van der Waals surface area contributed by atoms with Gasteiger partial charge in [-0.15, -0.1) is 0 Å². The first kappa shape index (κ1) is 11.9. The van der Waals surface area contributed by atoms with Crippen LogP contribution in [0, 0.1) is 6.92 Å². The third kappa shape index (κ3) is 2.34. The summed E-state index contributed by atoms with van der Waals surface area (Å²) in [5.74, 6) is 0.982. The first-order chi connectivity index (χ1) is 8.72. The fraction of sp³-hybridized carbons (Fsp3) is 0.714. The highest BCUT2D eigenvalue weighted by Gasteiger charge is 2.35. The topological polar surface area (TPSA) is 41.0 Å². The lowest BCUT2D eigenvalue weighted by Crippen LogP contribution is -2.52. The van der Waals surface area contributed by atoms with E-state index in [2.05, 4.69) is 27.2 Å². The predicted octanol–water partition coefficient (Wildman–Crippen LogP) is 2.21. The van der Waals surface area contributed by atoms with Crippen LogP contribution in [0.15, 0.2) is 12.4 Å². The van der Waals surface area contributed by atoms with Crippen LogP contribution < -0.4 is 5.32 Å². The Kier molecular flexibility index (Phi) is 3.20. The number of nitrogens with zero attached hydrogens (tertiary/aromatic N) is 3. The number of rotatable bonds is 2. The van der Waals surface area contributed by atoms with Gasteiger partial charge >= 0.3 is 0 Å². The molecular weight excluding hydrogens is 224 g/mol. The van der Waals surface area contributed by atoms with Crippen LogP contribution in [0.1, 0.15) is 37.8 Å². The number of anilines is 1. The lowest BCUT2D eigenvalue weighted by molar-refractivity contribution is 0.0608. The largest absolute Gasteiger partial charge is 0.367 e. The van der Waals surface area contributed by atoms with Gasteiger partial charge < -0.3 is 10.2 Å². The van der Waals surface area contributed by atoms with Crippen molar-refractivity contribution in [3.8, 4) is 0 Å². The van der Waals surface area contributed by atoms with Crippen molar-refractivity contribution in [2.45, 2.75) is 57.2 Å². The summed E-state index contributed by atoms with van der Waals surface area (Å²) >= 11 is 0. The van der Waals surface area contributed by atoms with Gasteiger partial charge in [0.05, 0.1) is 0 Å². The van der Waals surface area contributed by atoms with Crippen molar-refractivity contribution in [1.82, 2.24) is 14.9 Å². The second-order valence-electron chi connectivity index (χ2n) is 5.76. The predicted molar refractivity (Wildman–Crippen MR) is 72.6 cm³/mol. The SMILES string of the molecule is Cc1cc(NC2CC3CCCC(C2)N3C)ncn1. The first-order valence-electron chi connectivity index (χ1n) is 6.99. The average Bonchev–Trinajstić information content (AvgIpc) is 2.30. The highest BCUT2D eigenvalue weighted by molar-refractivity contribution is 5.36. The average molecular weight is 246 g/mol. The van der Waals surface area contributed by atoms with Gasteiger partial charge in [0.25, 0.3) is 0 Å². The summed E-state index contributed by atoms with van der Waals surface area (Å²) in [6.45, 7) is 2.01. The number of nitrogens with one attached hydrogen (secondary N) is 1. The van der Waals surface area contributed by atoms with E-state index in [1.54, 1.807) is 6.33 Å². The molecule has 0 amide bonds. The van der Waals surface area contributed by atoms with Gasteiger partial charge in [-0.1, -0.05) is 6.42 Å². The van der Waals surface area contributed by atoms with Crippen LogP contribution in [0.5, 0.6) is 0 Å². The molecule has 3 heterocycles. The summed E-state index contributed by atoms with van der Waals surface area (Å²) in [7, 11) is 2.29. The maximum absolute atomic E-state index is 4.31. The molecule has 3 rings (SSSR count). The van der Waals surface area contributed by atoms with Gasteiger partial charge in [-0.3, -0.25) is 0 Å². The standard InChI is InChI=1S/C14H22N4/c1-10-6-14(16-9-15-10)17-11-7-12-4-3-5-13(8-11)18(12)2/h6,9,11-13H,3-5,7-8H2,1-2H3,(H,15,16,17). The van der Waals surface area contributed by atoms with Gasteiger partial charge in [0.1, 0.15) is 12.1 Å². The molecule has 0 aliphatic carbocycles. The molecule has 1 aromatic heterocycles. The maximum atomic E-state index is 4.31. The van der Waals surface area contributed by atoms with Crippen LogP contribution in [0.2, 0.25) is 0 Å². The van der Waals surface area contributed by atoms with Crippen molar-refractivity contribution in [3.05, 3.63) is 18.1 Å². The summed E-state index contributed by atoms with van der Waals surface area (Å²) < 4.78 is 0. The summed E-state index contributed by atoms with van der Waals surface area (Å²) in [6.07, 6.45) is 8.25. The van der Waals surface area contributed by atoms with Crippen LogP contribution >= 0.6 is 0 Å². The van der Waals surface area contributed by atoms with Crippen LogP contribution in [0.4, 0.5) is 5.82 Å². The van der Waals surface area contributed by atoms with Gasteiger partial charge in [-0.05, 0) is 39.7 Å².